The lowest BCUT2D eigenvalue weighted by atomic mass is 10.1. The van der Waals surface area contributed by atoms with Gasteiger partial charge in [-0.3, -0.25) is 10.1 Å². The molecule has 1 heterocycles. The Morgan fingerprint density at radius 1 is 1.53 bits per heavy atom. The quantitative estimate of drug-likeness (QED) is 0.558. The van der Waals surface area contributed by atoms with Crippen molar-refractivity contribution in [1.82, 2.24) is 5.32 Å². The van der Waals surface area contributed by atoms with Crippen molar-refractivity contribution in [3.8, 4) is 5.75 Å². The van der Waals surface area contributed by atoms with Crippen LogP contribution in [0.3, 0.4) is 0 Å². The third-order valence-corrected chi connectivity index (χ3v) is 2.35. The number of rotatable bonds is 1. The van der Waals surface area contributed by atoms with Crippen LogP contribution < -0.4 is 10.1 Å². The molecule has 1 aliphatic rings. The molecule has 0 bridgehead atoms. The van der Waals surface area contributed by atoms with Crippen molar-refractivity contribution in [2.45, 2.75) is 19.2 Å². The van der Waals surface area contributed by atoms with Gasteiger partial charge in [0.2, 0.25) is 0 Å². The Balaban J connectivity index is 2.42. The molecule has 0 radical (unpaired) electrons. The van der Waals surface area contributed by atoms with Gasteiger partial charge in [0.1, 0.15) is 11.9 Å². The van der Waals surface area contributed by atoms with Crippen LogP contribution in [-0.4, -0.2) is 17.6 Å². The van der Waals surface area contributed by atoms with Gasteiger partial charge >= 0.3 is 0 Å². The minimum atomic E-state index is -0.869. The van der Waals surface area contributed by atoms with Crippen molar-refractivity contribution < 1.29 is 9.66 Å². The fraction of sp³-hybridized carbons (Fsp3) is 0.400. The molecule has 80 valence electrons. The highest BCUT2D eigenvalue weighted by molar-refractivity contribution is 5.35. The maximum Gasteiger partial charge on any atom is 0.295 e. The Kier molecular flexibility index (Phi) is 2.55. The Morgan fingerprint density at radius 3 is 3.00 bits per heavy atom. The first-order chi connectivity index (χ1) is 7.18. The Morgan fingerprint density at radius 2 is 2.27 bits per heavy atom. The van der Waals surface area contributed by atoms with Gasteiger partial charge in [0.25, 0.3) is 6.17 Å². The Hall–Kier alpha value is -1.62. The second-order valence-electron chi connectivity index (χ2n) is 3.56. The molecule has 1 N–H and O–H groups in total. The molecule has 0 aliphatic carbocycles. The van der Waals surface area contributed by atoms with E-state index < -0.39 is 6.17 Å². The molecule has 0 saturated heterocycles. The predicted octanol–water partition coefficient (Wildman–Crippen LogP) is 1.33. The zero-order valence-corrected chi connectivity index (χ0v) is 8.34. The summed E-state index contributed by atoms with van der Waals surface area (Å²) in [4.78, 5) is 10.5. The fourth-order valence-corrected chi connectivity index (χ4v) is 1.65. The van der Waals surface area contributed by atoms with E-state index in [0.717, 1.165) is 0 Å². The summed E-state index contributed by atoms with van der Waals surface area (Å²) in [5.41, 5.74) is 0.590. The Labute approximate surface area is 87.2 Å². The lowest BCUT2D eigenvalue weighted by Crippen LogP contribution is -2.32. The molecular formula is C10H12N2O3. The Bertz CT molecular complexity index is 381. The van der Waals surface area contributed by atoms with Gasteiger partial charge in [-0.1, -0.05) is 12.1 Å². The van der Waals surface area contributed by atoms with Crippen molar-refractivity contribution in [2.75, 3.05) is 6.54 Å². The molecule has 1 aliphatic heterocycles. The molecule has 0 fully saturated rings. The molecular weight excluding hydrogens is 196 g/mol. The molecule has 0 spiro atoms. The summed E-state index contributed by atoms with van der Waals surface area (Å²) in [5, 5.41) is 13.7. The van der Waals surface area contributed by atoms with Crippen LogP contribution in [-0.2, 0) is 0 Å². The van der Waals surface area contributed by atoms with Crippen LogP contribution in [0.4, 0.5) is 0 Å². The molecule has 0 saturated carbocycles. The molecule has 2 atom stereocenters. The lowest BCUT2D eigenvalue weighted by Gasteiger charge is -2.10. The van der Waals surface area contributed by atoms with Crippen LogP contribution in [0.2, 0.25) is 0 Å². The standard InChI is InChI=1S/C10H12N2O3/c1-7-6-11-10(12(13)14)8-4-2-3-5-9(8)15-7/h2-5,7,10-11H,6H2,1H3. The second kappa shape index (κ2) is 3.86. The van der Waals surface area contributed by atoms with Gasteiger partial charge in [-0.25, -0.2) is 5.32 Å². The van der Waals surface area contributed by atoms with Gasteiger partial charge in [0.05, 0.1) is 5.56 Å². The van der Waals surface area contributed by atoms with E-state index in [2.05, 4.69) is 5.32 Å². The summed E-state index contributed by atoms with van der Waals surface area (Å²) in [6, 6.07) is 7.06. The van der Waals surface area contributed by atoms with Crippen LogP contribution in [0.1, 0.15) is 18.7 Å². The molecule has 0 amide bonds. The molecule has 1 aromatic rings. The van der Waals surface area contributed by atoms with Gasteiger partial charge in [-0.15, -0.1) is 0 Å². The number of para-hydroxylation sites is 1. The van der Waals surface area contributed by atoms with Gasteiger partial charge in [0, 0.05) is 11.5 Å². The molecule has 2 rings (SSSR count). The average Bonchev–Trinajstić information content (AvgIpc) is 2.35. The first-order valence-corrected chi connectivity index (χ1v) is 4.81. The van der Waals surface area contributed by atoms with E-state index in [1.165, 1.54) is 0 Å². The first-order valence-electron chi connectivity index (χ1n) is 4.81. The number of nitrogens with zero attached hydrogens (tertiary/aromatic N) is 1. The summed E-state index contributed by atoms with van der Waals surface area (Å²) in [5.74, 6) is 0.594. The minimum Gasteiger partial charge on any atom is -0.489 e. The van der Waals surface area contributed by atoms with Crippen molar-refractivity contribution in [3.63, 3.8) is 0 Å². The molecule has 5 heteroatoms. The lowest BCUT2D eigenvalue weighted by molar-refractivity contribution is -0.535. The number of hydrogen-bond acceptors (Lipinski definition) is 4. The van der Waals surface area contributed by atoms with Crippen molar-refractivity contribution >= 4 is 0 Å². The van der Waals surface area contributed by atoms with E-state index in [-0.39, 0.29) is 11.0 Å². The molecule has 0 aromatic heterocycles. The summed E-state index contributed by atoms with van der Waals surface area (Å²) in [6.07, 6.45) is -0.928. The van der Waals surface area contributed by atoms with E-state index >= 15 is 0 Å². The zero-order chi connectivity index (χ0) is 10.8. The van der Waals surface area contributed by atoms with Crippen molar-refractivity contribution in [3.05, 3.63) is 39.9 Å². The third kappa shape index (κ3) is 1.92. The SMILES string of the molecule is CC1CNC([N+](=O)[O-])c2ccccc2O1. The zero-order valence-electron chi connectivity index (χ0n) is 8.34. The van der Waals surface area contributed by atoms with Gasteiger partial charge in [0.15, 0.2) is 0 Å². The monoisotopic (exact) mass is 208 g/mol. The van der Waals surface area contributed by atoms with Crippen LogP contribution in [0.25, 0.3) is 0 Å². The average molecular weight is 208 g/mol. The summed E-state index contributed by atoms with van der Waals surface area (Å²) in [7, 11) is 0. The van der Waals surface area contributed by atoms with Crippen LogP contribution in [0.15, 0.2) is 24.3 Å². The van der Waals surface area contributed by atoms with E-state index in [0.29, 0.717) is 17.9 Å². The van der Waals surface area contributed by atoms with Crippen molar-refractivity contribution in [1.29, 1.82) is 0 Å². The minimum absolute atomic E-state index is 0.0592. The maximum atomic E-state index is 10.9. The number of ether oxygens (including phenoxy) is 1. The van der Waals surface area contributed by atoms with E-state index in [1.54, 1.807) is 18.2 Å². The third-order valence-electron chi connectivity index (χ3n) is 2.35. The topological polar surface area (TPSA) is 64.4 Å². The molecule has 1 aromatic carbocycles. The van der Waals surface area contributed by atoms with Crippen LogP contribution >= 0.6 is 0 Å². The number of nitro groups is 1. The van der Waals surface area contributed by atoms with E-state index in [4.69, 9.17) is 4.74 Å². The summed E-state index contributed by atoms with van der Waals surface area (Å²) < 4.78 is 5.57. The van der Waals surface area contributed by atoms with E-state index in [9.17, 15) is 10.1 Å². The maximum absolute atomic E-state index is 10.9. The molecule has 15 heavy (non-hydrogen) atoms. The summed E-state index contributed by atoms with van der Waals surface area (Å²) in [6.45, 7) is 2.35. The molecule has 5 nitrogen and oxygen atoms in total. The van der Waals surface area contributed by atoms with Gasteiger partial charge in [-0.05, 0) is 19.1 Å². The predicted molar refractivity (Wildman–Crippen MR) is 54.3 cm³/mol. The first kappa shape index (κ1) is 9.92. The van der Waals surface area contributed by atoms with Gasteiger partial charge in [-0.2, -0.15) is 0 Å². The van der Waals surface area contributed by atoms with Crippen molar-refractivity contribution in [2.24, 2.45) is 0 Å². The smallest absolute Gasteiger partial charge is 0.295 e. The molecule has 2 unspecified atom stereocenters. The summed E-state index contributed by atoms with van der Waals surface area (Å²) >= 11 is 0. The van der Waals surface area contributed by atoms with E-state index in [1.807, 2.05) is 13.0 Å². The number of benzene rings is 1. The number of fused-ring (bicyclic) bond motifs is 1. The number of hydrogen-bond donors (Lipinski definition) is 1. The van der Waals surface area contributed by atoms with Gasteiger partial charge < -0.3 is 4.74 Å². The second-order valence-corrected chi connectivity index (χ2v) is 3.56. The normalized spacial score (nSPS) is 24.9. The van der Waals surface area contributed by atoms with Crippen LogP contribution in [0.5, 0.6) is 5.75 Å². The highest BCUT2D eigenvalue weighted by Crippen LogP contribution is 2.28. The highest BCUT2D eigenvalue weighted by atomic mass is 16.6. The fourth-order valence-electron chi connectivity index (χ4n) is 1.65. The van der Waals surface area contributed by atoms with Crippen LogP contribution in [0, 0.1) is 10.1 Å². The highest BCUT2D eigenvalue weighted by Gasteiger charge is 2.29. The largest absolute Gasteiger partial charge is 0.489 e. The number of nitrogens with one attached hydrogen (secondary N) is 1.